The van der Waals surface area contributed by atoms with Crippen molar-refractivity contribution in [1.29, 1.82) is 0 Å². The molecule has 0 radical (unpaired) electrons. The predicted octanol–water partition coefficient (Wildman–Crippen LogP) is 2.63. The smallest absolute Gasteiger partial charge is 0.252 e. The second-order valence-electron chi connectivity index (χ2n) is 5.40. The van der Waals surface area contributed by atoms with E-state index in [4.69, 9.17) is 9.47 Å². The summed E-state index contributed by atoms with van der Waals surface area (Å²) >= 11 is 0. The molecule has 0 bridgehead atoms. The lowest BCUT2D eigenvalue weighted by atomic mass is 10.0. The maximum absolute atomic E-state index is 12.5. The monoisotopic (exact) mass is 327 g/mol. The van der Waals surface area contributed by atoms with E-state index in [2.05, 4.69) is 5.32 Å². The van der Waals surface area contributed by atoms with Crippen LogP contribution in [0.2, 0.25) is 0 Å². The highest BCUT2D eigenvalue weighted by atomic mass is 16.5. The van der Waals surface area contributed by atoms with E-state index in [0.717, 1.165) is 5.56 Å². The van der Waals surface area contributed by atoms with Gasteiger partial charge in [0.15, 0.2) is 17.3 Å². The average molecular weight is 327 g/mol. The topological polar surface area (TPSA) is 64.6 Å². The van der Waals surface area contributed by atoms with Crippen molar-refractivity contribution in [2.75, 3.05) is 14.2 Å². The first-order chi connectivity index (χ1) is 11.5. The number of benzene rings is 2. The van der Waals surface area contributed by atoms with E-state index < -0.39 is 6.04 Å². The minimum Gasteiger partial charge on any atom is -0.493 e. The number of hydrogen-bond acceptors (Lipinski definition) is 4. The van der Waals surface area contributed by atoms with E-state index in [1.807, 2.05) is 30.3 Å². The Morgan fingerprint density at radius 3 is 2.25 bits per heavy atom. The molecule has 2 aromatic carbocycles. The van der Waals surface area contributed by atoms with Gasteiger partial charge in [0, 0.05) is 5.56 Å². The summed E-state index contributed by atoms with van der Waals surface area (Å²) in [6.07, 6.45) is 0.454. The molecule has 0 aliphatic rings. The Kier molecular flexibility index (Phi) is 5.95. The molecule has 1 N–H and O–H groups in total. The highest BCUT2D eigenvalue weighted by Gasteiger charge is 2.19. The van der Waals surface area contributed by atoms with Gasteiger partial charge in [0.1, 0.15) is 0 Å². The van der Waals surface area contributed by atoms with Crippen LogP contribution >= 0.6 is 0 Å². The summed E-state index contributed by atoms with van der Waals surface area (Å²) in [5.74, 6) is 0.591. The molecule has 1 atom stereocenters. The second-order valence-corrected chi connectivity index (χ2v) is 5.40. The Labute approximate surface area is 141 Å². The SMILES string of the molecule is COc1ccc(C(=O)N[C@@H](Cc2ccccc2)C(C)=O)cc1OC. The van der Waals surface area contributed by atoms with Crippen LogP contribution in [0.25, 0.3) is 0 Å². The lowest BCUT2D eigenvalue weighted by Crippen LogP contribution is -2.41. The number of nitrogens with one attached hydrogen (secondary N) is 1. The summed E-state index contributed by atoms with van der Waals surface area (Å²) in [6, 6.07) is 13.9. The molecule has 0 saturated heterocycles. The molecule has 0 unspecified atom stereocenters. The Morgan fingerprint density at radius 2 is 1.67 bits per heavy atom. The molecule has 0 fully saturated rings. The van der Waals surface area contributed by atoms with Gasteiger partial charge in [-0.2, -0.15) is 0 Å². The van der Waals surface area contributed by atoms with E-state index in [-0.39, 0.29) is 11.7 Å². The van der Waals surface area contributed by atoms with Crippen LogP contribution in [-0.4, -0.2) is 32.0 Å². The van der Waals surface area contributed by atoms with Crippen LogP contribution in [0.15, 0.2) is 48.5 Å². The fourth-order valence-electron chi connectivity index (χ4n) is 2.37. The Hall–Kier alpha value is -2.82. The number of amides is 1. The van der Waals surface area contributed by atoms with Crippen LogP contribution in [0, 0.1) is 0 Å². The fraction of sp³-hybridized carbons (Fsp3) is 0.263. The van der Waals surface area contributed by atoms with Crippen LogP contribution < -0.4 is 14.8 Å². The molecule has 0 heterocycles. The molecular formula is C19H21NO4. The van der Waals surface area contributed by atoms with Gasteiger partial charge >= 0.3 is 0 Å². The molecule has 24 heavy (non-hydrogen) atoms. The third-order valence-corrected chi connectivity index (χ3v) is 3.72. The molecule has 0 spiro atoms. The number of rotatable bonds is 7. The van der Waals surface area contributed by atoms with Crippen molar-refractivity contribution < 1.29 is 19.1 Å². The highest BCUT2D eigenvalue weighted by molar-refractivity contribution is 5.98. The first-order valence-corrected chi connectivity index (χ1v) is 7.62. The number of ether oxygens (including phenoxy) is 2. The van der Waals surface area contributed by atoms with Crippen LogP contribution in [0.5, 0.6) is 11.5 Å². The molecule has 126 valence electrons. The zero-order valence-electron chi connectivity index (χ0n) is 14.0. The van der Waals surface area contributed by atoms with Crippen molar-refractivity contribution in [1.82, 2.24) is 5.32 Å². The van der Waals surface area contributed by atoms with E-state index in [1.165, 1.54) is 21.1 Å². The maximum atomic E-state index is 12.5. The molecule has 5 heteroatoms. The largest absolute Gasteiger partial charge is 0.493 e. The third-order valence-electron chi connectivity index (χ3n) is 3.72. The standard InChI is InChI=1S/C19H21NO4/c1-13(21)16(11-14-7-5-4-6-8-14)20-19(22)15-9-10-17(23-2)18(12-15)24-3/h4-10,12,16H,11H2,1-3H3,(H,20,22)/t16-/m0/s1. The van der Waals surface area contributed by atoms with Gasteiger partial charge in [-0.3, -0.25) is 9.59 Å². The lowest BCUT2D eigenvalue weighted by molar-refractivity contribution is -0.118. The second kappa shape index (κ2) is 8.15. The van der Waals surface area contributed by atoms with Gasteiger partial charge in [-0.1, -0.05) is 30.3 Å². The molecule has 5 nitrogen and oxygen atoms in total. The average Bonchev–Trinajstić information content (AvgIpc) is 2.61. The van der Waals surface area contributed by atoms with Gasteiger partial charge < -0.3 is 14.8 Å². The van der Waals surface area contributed by atoms with Gasteiger partial charge in [-0.05, 0) is 37.1 Å². The summed E-state index contributed by atoms with van der Waals surface area (Å²) in [6.45, 7) is 1.47. The number of Topliss-reactive ketones (excluding diaryl/α,β-unsaturated/α-hetero) is 1. The van der Waals surface area contributed by atoms with E-state index >= 15 is 0 Å². The fourth-order valence-corrected chi connectivity index (χ4v) is 2.37. The quantitative estimate of drug-likeness (QED) is 0.849. The number of hydrogen-bond donors (Lipinski definition) is 1. The van der Waals surface area contributed by atoms with E-state index in [9.17, 15) is 9.59 Å². The zero-order chi connectivity index (χ0) is 17.5. The molecule has 0 saturated carbocycles. The number of carbonyl (C=O) groups is 2. The van der Waals surface area contributed by atoms with E-state index in [0.29, 0.717) is 23.5 Å². The lowest BCUT2D eigenvalue weighted by Gasteiger charge is -2.17. The molecule has 0 aliphatic carbocycles. The number of carbonyl (C=O) groups excluding carboxylic acids is 2. The summed E-state index contributed by atoms with van der Waals surface area (Å²) in [5, 5.41) is 2.79. The Bertz CT molecular complexity index is 713. The van der Waals surface area contributed by atoms with Gasteiger partial charge in [0.25, 0.3) is 5.91 Å². The van der Waals surface area contributed by atoms with Crippen molar-refractivity contribution in [3.63, 3.8) is 0 Å². The first-order valence-electron chi connectivity index (χ1n) is 7.62. The van der Waals surface area contributed by atoms with Gasteiger partial charge in [0.2, 0.25) is 0 Å². The molecule has 0 aromatic heterocycles. The minimum absolute atomic E-state index is 0.0901. The van der Waals surface area contributed by atoms with Crippen LogP contribution in [0.3, 0.4) is 0 Å². The molecule has 0 aliphatic heterocycles. The molecule has 2 rings (SSSR count). The highest BCUT2D eigenvalue weighted by Crippen LogP contribution is 2.27. The number of ketones is 1. The van der Waals surface area contributed by atoms with Crippen molar-refractivity contribution in [3.8, 4) is 11.5 Å². The zero-order valence-corrected chi connectivity index (χ0v) is 14.0. The van der Waals surface area contributed by atoms with Gasteiger partial charge in [0.05, 0.1) is 20.3 Å². The molecular weight excluding hydrogens is 306 g/mol. The predicted molar refractivity (Wildman–Crippen MR) is 91.6 cm³/mol. The van der Waals surface area contributed by atoms with E-state index in [1.54, 1.807) is 18.2 Å². The maximum Gasteiger partial charge on any atom is 0.252 e. The normalized spacial score (nSPS) is 11.5. The molecule has 1 amide bonds. The first kappa shape index (κ1) is 17.5. The van der Waals surface area contributed by atoms with Crippen LogP contribution in [0.4, 0.5) is 0 Å². The summed E-state index contributed by atoms with van der Waals surface area (Å²) in [7, 11) is 3.04. The Morgan fingerprint density at radius 1 is 1.00 bits per heavy atom. The van der Waals surface area contributed by atoms with Gasteiger partial charge in [-0.25, -0.2) is 0 Å². The minimum atomic E-state index is -0.576. The van der Waals surface area contributed by atoms with Crippen molar-refractivity contribution >= 4 is 11.7 Å². The van der Waals surface area contributed by atoms with Gasteiger partial charge in [-0.15, -0.1) is 0 Å². The molecule has 2 aromatic rings. The Balaban J connectivity index is 2.14. The van der Waals surface area contributed by atoms with Crippen LogP contribution in [-0.2, 0) is 11.2 Å². The van der Waals surface area contributed by atoms with Crippen molar-refractivity contribution in [2.45, 2.75) is 19.4 Å². The van der Waals surface area contributed by atoms with Crippen molar-refractivity contribution in [2.24, 2.45) is 0 Å². The summed E-state index contributed by atoms with van der Waals surface area (Å²) in [5.41, 5.74) is 1.40. The summed E-state index contributed by atoms with van der Waals surface area (Å²) in [4.78, 5) is 24.3. The number of methoxy groups -OCH3 is 2. The van der Waals surface area contributed by atoms with Crippen LogP contribution in [0.1, 0.15) is 22.8 Å². The summed E-state index contributed by atoms with van der Waals surface area (Å²) < 4.78 is 10.4. The van der Waals surface area contributed by atoms with Crippen molar-refractivity contribution in [3.05, 3.63) is 59.7 Å². The third kappa shape index (κ3) is 4.35.